The molecule has 0 atom stereocenters. The predicted molar refractivity (Wildman–Crippen MR) is 78.0 cm³/mol. The summed E-state index contributed by atoms with van der Waals surface area (Å²) >= 11 is 2.77. The van der Waals surface area contributed by atoms with Gasteiger partial charge in [-0.3, -0.25) is 0 Å². The number of halogens is 7. The lowest BCUT2D eigenvalue weighted by molar-refractivity contribution is -0.0471. The minimum Gasteiger partial charge on any atom is -0.506 e. The molecule has 0 aromatic heterocycles. The van der Waals surface area contributed by atoms with Crippen molar-refractivity contribution in [2.45, 2.75) is 28.9 Å². The van der Waals surface area contributed by atoms with Crippen LogP contribution in [0.3, 0.4) is 0 Å². The first-order chi connectivity index (χ1) is 10.9. The second-order valence-corrected chi connectivity index (χ2v) is 10.3. The Bertz CT molecular complexity index is 829. The third-order valence-corrected chi connectivity index (χ3v) is 8.14. The molecule has 0 bridgehead atoms. The maximum atomic E-state index is 12.7. The van der Waals surface area contributed by atoms with E-state index in [1.807, 2.05) is 0 Å². The molecule has 0 aliphatic rings. The van der Waals surface area contributed by atoms with E-state index < -0.39 is 53.0 Å². The summed E-state index contributed by atoms with van der Waals surface area (Å²) < 4.78 is 118. The summed E-state index contributed by atoms with van der Waals surface area (Å²) in [6.45, 7) is 1.35. The highest BCUT2D eigenvalue weighted by Gasteiger charge is 2.62. The number of hydrogen-bond donors (Lipinski definition) is 1. The van der Waals surface area contributed by atoms with Crippen LogP contribution >= 0.6 is 15.9 Å². The normalized spacial score (nSPS) is 14.1. The summed E-state index contributed by atoms with van der Waals surface area (Å²) in [6.07, 6.45) is -1.74. The smallest absolute Gasteiger partial charge is 0.498 e. The fourth-order valence-electron chi connectivity index (χ4n) is 1.83. The SMILES string of the molecule is Cc1cc(Br)c(O)c(CC(S(=O)(=O)C(F)(F)F)S(=O)(=O)C(F)(F)F)c1. The zero-order chi connectivity index (χ0) is 20.0. The van der Waals surface area contributed by atoms with Gasteiger partial charge in [-0.25, -0.2) is 16.8 Å². The molecule has 144 valence electrons. The van der Waals surface area contributed by atoms with Gasteiger partial charge in [-0.15, -0.1) is 0 Å². The highest BCUT2D eigenvalue weighted by molar-refractivity contribution is 9.10. The topological polar surface area (TPSA) is 88.5 Å². The molecule has 1 rings (SSSR count). The summed E-state index contributed by atoms with van der Waals surface area (Å²) in [5, 5.41) is 9.71. The average Bonchev–Trinajstić information content (AvgIpc) is 2.37. The molecule has 0 amide bonds. The molecule has 25 heavy (non-hydrogen) atoms. The van der Waals surface area contributed by atoms with Gasteiger partial charge in [-0.1, -0.05) is 6.07 Å². The average molecular weight is 479 g/mol. The molecule has 1 aromatic rings. The predicted octanol–water partition coefficient (Wildman–Crippen LogP) is 3.20. The van der Waals surface area contributed by atoms with E-state index in [2.05, 4.69) is 15.9 Å². The number of rotatable bonds is 4. The lowest BCUT2D eigenvalue weighted by Crippen LogP contribution is -2.46. The van der Waals surface area contributed by atoms with E-state index in [4.69, 9.17) is 0 Å². The van der Waals surface area contributed by atoms with Crippen LogP contribution in [0.4, 0.5) is 26.3 Å². The number of aryl methyl sites for hydroxylation is 1. The number of sulfone groups is 2. The lowest BCUT2D eigenvalue weighted by atomic mass is 10.1. The molecule has 5 nitrogen and oxygen atoms in total. The number of aromatic hydroxyl groups is 1. The van der Waals surface area contributed by atoms with E-state index >= 15 is 0 Å². The van der Waals surface area contributed by atoms with Crippen LogP contribution in [0.15, 0.2) is 16.6 Å². The van der Waals surface area contributed by atoms with E-state index in [9.17, 15) is 48.3 Å². The minimum absolute atomic E-state index is 0.157. The van der Waals surface area contributed by atoms with Gasteiger partial charge in [-0.2, -0.15) is 26.3 Å². The molecule has 0 spiro atoms. The van der Waals surface area contributed by atoms with Crippen molar-refractivity contribution >= 4 is 35.6 Å². The van der Waals surface area contributed by atoms with Gasteiger partial charge in [0, 0.05) is 6.42 Å². The third kappa shape index (κ3) is 4.22. The Hall–Kier alpha value is -1.02. The maximum absolute atomic E-state index is 12.7. The maximum Gasteiger partial charge on any atom is 0.498 e. The van der Waals surface area contributed by atoms with Crippen LogP contribution in [-0.2, 0) is 26.1 Å². The van der Waals surface area contributed by atoms with Crippen LogP contribution in [0.2, 0.25) is 0 Å². The lowest BCUT2D eigenvalue weighted by Gasteiger charge is -2.21. The van der Waals surface area contributed by atoms with Crippen LogP contribution in [0, 0.1) is 6.92 Å². The van der Waals surface area contributed by atoms with E-state index in [1.165, 1.54) is 13.0 Å². The van der Waals surface area contributed by atoms with Crippen molar-refractivity contribution in [3.05, 3.63) is 27.7 Å². The number of phenols is 1. The van der Waals surface area contributed by atoms with Gasteiger partial charge in [0.2, 0.25) is 0 Å². The Morgan fingerprint density at radius 3 is 1.76 bits per heavy atom. The van der Waals surface area contributed by atoms with Crippen molar-refractivity contribution in [3.63, 3.8) is 0 Å². The summed E-state index contributed by atoms with van der Waals surface area (Å²) in [4.78, 5) is 0. The van der Waals surface area contributed by atoms with Crippen molar-refractivity contribution in [2.75, 3.05) is 0 Å². The monoisotopic (exact) mass is 478 g/mol. The first-order valence-corrected chi connectivity index (χ1v) is 9.89. The van der Waals surface area contributed by atoms with Crippen molar-refractivity contribution in [1.29, 1.82) is 0 Å². The summed E-state index contributed by atoms with van der Waals surface area (Å²) in [5.41, 5.74) is -13.0. The van der Waals surface area contributed by atoms with Crippen LogP contribution in [-0.4, -0.2) is 37.5 Å². The number of alkyl halides is 6. The van der Waals surface area contributed by atoms with E-state index in [-0.39, 0.29) is 10.0 Å². The Kier molecular flexibility index (Phi) is 5.82. The largest absolute Gasteiger partial charge is 0.506 e. The fraction of sp³-hybridized carbons (Fsp3) is 0.455. The van der Waals surface area contributed by atoms with Crippen molar-refractivity contribution in [1.82, 2.24) is 0 Å². The van der Waals surface area contributed by atoms with Crippen molar-refractivity contribution in [2.24, 2.45) is 0 Å². The zero-order valence-electron chi connectivity index (χ0n) is 12.0. The van der Waals surface area contributed by atoms with E-state index in [0.717, 1.165) is 6.07 Å². The second-order valence-electron chi connectivity index (χ2n) is 4.87. The first-order valence-electron chi connectivity index (χ1n) is 6.01. The number of phenolic OH excluding ortho intramolecular Hbond substituents is 1. The zero-order valence-corrected chi connectivity index (χ0v) is 15.2. The quantitative estimate of drug-likeness (QED) is 0.671. The highest BCUT2D eigenvalue weighted by Crippen LogP contribution is 2.39. The standard InChI is InChI=1S/C11H9BrF6O5S2/c1-5-2-6(9(19)7(12)3-5)4-8(24(20,21)10(13,14)15)25(22,23)11(16,17)18/h2-3,8,19H,4H2,1H3. The summed E-state index contributed by atoms with van der Waals surface area (Å²) in [5.74, 6) is -0.870. The molecule has 0 saturated heterocycles. The third-order valence-electron chi connectivity index (χ3n) is 3.01. The van der Waals surface area contributed by atoms with Crippen LogP contribution in [0.25, 0.3) is 0 Å². The second kappa shape index (κ2) is 6.61. The van der Waals surface area contributed by atoms with Crippen molar-refractivity contribution < 1.29 is 48.3 Å². The Morgan fingerprint density at radius 2 is 1.40 bits per heavy atom. The molecule has 0 aliphatic heterocycles. The van der Waals surface area contributed by atoms with E-state index in [1.54, 1.807) is 0 Å². The van der Waals surface area contributed by atoms with Gasteiger partial charge in [-0.05, 0) is 40.0 Å². The Labute approximate surface area is 146 Å². The number of hydrogen-bond acceptors (Lipinski definition) is 5. The fourth-order valence-corrected chi connectivity index (χ4v) is 5.82. The highest BCUT2D eigenvalue weighted by atomic mass is 79.9. The van der Waals surface area contributed by atoms with Gasteiger partial charge in [0.1, 0.15) is 5.75 Å². The molecule has 0 aliphatic carbocycles. The molecule has 0 heterocycles. The summed E-state index contributed by atoms with van der Waals surface area (Å²) in [6, 6.07) is 2.12. The Balaban J connectivity index is 3.68. The molecular weight excluding hydrogens is 470 g/mol. The summed E-state index contributed by atoms with van der Waals surface area (Å²) in [7, 11) is -13.5. The first kappa shape index (κ1) is 22.0. The molecule has 1 aromatic carbocycles. The molecule has 14 heteroatoms. The van der Waals surface area contributed by atoms with E-state index in [0.29, 0.717) is 0 Å². The number of benzene rings is 1. The molecule has 0 radical (unpaired) electrons. The molecule has 0 saturated carbocycles. The minimum atomic E-state index is -6.75. The Morgan fingerprint density at radius 1 is 1.00 bits per heavy atom. The molecule has 1 N–H and O–H groups in total. The van der Waals surface area contributed by atoms with Gasteiger partial charge < -0.3 is 5.11 Å². The van der Waals surface area contributed by atoms with Crippen LogP contribution in [0.1, 0.15) is 11.1 Å². The van der Waals surface area contributed by atoms with Gasteiger partial charge in [0.25, 0.3) is 19.7 Å². The molecule has 0 fully saturated rings. The van der Waals surface area contributed by atoms with Crippen LogP contribution in [0.5, 0.6) is 5.75 Å². The van der Waals surface area contributed by atoms with Crippen LogP contribution < -0.4 is 0 Å². The van der Waals surface area contributed by atoms with Gasteiger partial charge >= 0.3 is 11.0 Å². The van der Waals surface area contributed by atoms with Gasteiger partial charge in [0.05, 0.1) is 4.47 Å². The molecule has 0 unspecified atom stereocenters. The van der Waals surface area contributed by atoms with Gasteiger partial charge in [0.15, 0.2) is 4.58 Å². The molecular formula is C11H9BrF6O5S2. The van der Waals surface area contributed by atoms with Crippen molar-refractivity contribution in [3.8, 4) is 5.75 Å².